The molecule has 0 aromatic heterocycles. The van der Waals surface area contributed by atoms with Crippen LogP contribution in [0.2, 0.25) is 0 Å². The van der Waals surface area contributed by atoms with Gasteiger partial charge in [0, 0.05) is 24.6 Å². The molecule has 1 aromatic carbocycles. The molecule has 1 aromatic rings. The van der Waals surface area contributed by atoms with Crippen LogP contribution in [0.1, 0.15) is 37.3 Å². The van der Waals surface area contributed by atoms with Crippen LogP contribution in [0.5, 0.6) is 0 Å². The number of halogens is 1. The number of nitrogens with zero attached hydrogens (tertiary/aromatic N) is 2. The fourth-order valence-corrected chi connectivity index (χ4v) is 3.61. The van der Waals surface area contributed by atoms with Crippen molar-refractivity contribution in [3.8, 4) is 0 Å². The number of carbonyl (C=O) groups excluding carboxylic acids is 1. The summed E-state index contributed by atoms with van der Waals surface area (Å²) in [5, 5.41) is 9.75. The first-order valence-corrected chi connectivity index (χ1v) is 8.17. The number of rotatable bonds is 6. The molecule has 0 spiro atoms. The van der Waals surface area contributed by atoms with Crippen molar-refractivity contribution in [2.75, 3.05) is 34.3 Å². The van der Waals surface area contributed by atoms with Crippen LogP contribution in [0.3, 0.4) is 0 Å². The lowest BCUT2D eigenvalue weighted by Crippen LogP contribution is -2.44. The Hall–Kier alpha value is -1.46. The highest BCUT2D eigenvalue weighted by Crippen LogP contribution is 2.38. The van der Waals surface area contributed by atoms with Crippen LogP contribution in [0.4, 0.5) is 4.39 Å². The number of benzene rings is 1. The third kappa shape index (κ3) is 3.90. The molecule has 1 amide bonds. The number of carbonyl (C=O) groups is 1. The van der Waals surface area contributed by atoms with E-state index in [1.54, 1.807) is 49.1 Å². The van der Waals surface area contributed by atoms with Gasteiger partial charge < -0.3 is 10.0 Å². The summed E-state index contributed by atoms with van der Waals surface area (Å²) in [6.07, 6.45) is 4.06. The van der Waals surface area contributed by atoms with Crippen LogP contribution in [-0.4, -0.2) is 55.1 Å². The van der Waals surface area contributed by atoms with Crippen molar-refractivity contribution >= 4 is 5.91 Å². The largest absolute Gasteiger partial charge is 0.396 e. The van der Waals surface area contributed by atoms with E-state index >= 15 is 0 Å². The SMILES string of the molecule is CN(CC1(CO)CCCC1)C(=O)C(c1ccccc1F)N(C)C. The highest BCUT2D eigenvalue weighted by atomic mass is 19.1. The van der Waals surface area contributed by atoms with E-state index in [1.807, 2.05) is 0 Å². The molecule has 0 radical (unpaired) electrons. The van der Waals surface area contributed by atoms with Crippen molar-refractivity contribution in [2.45, 2.75) is 31.7 Å². The summed E-state index contributed by atoms with van der Waals surface area (Å²) < 4.78 is 14.1. The van der Waals surface area contributed by atoms with Gasteiger partial charge in [0.2, 0.25) is 5.91 Å². The van der Waals surface area contributed by atoms with Crippen molar-refractivity contribution in [3.05, 3.63) is 35.6 Å². The summed E-state index contributed by atoms with van der Waals surface area (Å²) in [6.45, 7) is 0.609. The van der Waals surface area contributed by atoms with Crippen molar-refractivity contribution in [3.63, 3.8) is 0 Å². The fourth-order valence-electron chi connectivity index (χ4n) is 3.61. The van der Waals surface area contributed by atoms with Gasteiger partial charge in [-0.3, -0.25) is 9.69 Å². The quantitative estimate of drug-likeness (QED) is 0.875. The molecule has 0 heterocycles. The number of hydrogen-bond acceptors (Lipinski definition) is 3. The molecule has 128 valence electrons. The standard InChI is InChI=1S/C18H27FN2O2/c1-20(2)16(14-8-4-5-9-15(14)19)17(23)21(3)12-18(13-22)10-6-7-11-18/h4-5,8-9,16,22H,6-7,10-13H2,1-3H3. The third-order valence-corrected chi connectivity index (χ3v) is 4.90. The Kier molecular flexibility index (Phi) is 5.76. The zero-order valence-corrected chi connectivity index (χ0v) is 14.3. The Morgan fingerprint density at radius 3 is 2.39 bits per heavy atom. The Morgan fingerprint density at radius 2 is 1.87 bits per heavy atom. The molecular weight excluding hydrogens is 295 g/mol. The van der Waals surface area contributed by atoms with Crippen LogP contribution < -0.4 is 0 Å². The number of likely N-dealkylation sites (N-methyl/N-ethyl adjacent to an activating group) is 2. The van der Waals surface area contributed by atoms with E-state index in [0.717, 1.165) is 25.7 Å². The summed E-state index contributed by atoms with van der Waals surface area (Å²) in [5.74, 6) is -0.509. The minimum atomic E-state index is -0.654. The molecule has 23 heavy (non-hydrogen) atoms. The number of aliphatic hydroxyl groups excluding tert-OH is 1. The highest BCUT2D eigenvalue weighted by Gasteiger charge is 2.37. The van der Waals surface area contributed by atoms with E-state index in [9.17, 15) is 14.3 Å². The van der Waals surface area contributed by atoms with Crippen LogP contribution in [0, 0.1) is 11.2 Å². The lowest BCUT2D eigenvalue weighted by molar-refractivity contribution is -0.137. The maximum Gasteiger partial charge on any atom is 0.244 e. The summed E-state index contributed by atoms with van der Waals surface area (Å²) in [5.41, 5.74) is 0.190. The summed E-state index contributed by atoms with van der Waals surface area (Å²) in [4.78, 5) is 16.3. The highest BCUT2D eigenvalue weighted by molar-refractivity contribution is 5.83. The van der Waals surface area contributed by atoms with Gasteiger partial charge in [0.05, 0.1) is 6.61 Å². The van der Waals surface area contributed by atoms with Gasteiger partial charge in [-0.1, -0.05) is 31.0 Å². The normalized spacial score (nSPS) is 18.2. The Bertz CT molecular complexity index is 542. The monoisotopic (exact) mass is 322 g/mol. The minimum Gasteiger partial charge on any atom is -0.396 e. The molecule has 1 N–H and O–H groups in total. The maximum absolute atomic E-state index is 14.1. The van der Waals surface area contributed by atoms with Crippen LogP contribution in [0.15, 0.2) is 24.3 Å². The first-order valence-electron chi connectivity index (χ1n) is 8.17. The Balaban J connectivity index is 2.19. The fraction of sp³-hybridized carbons (Fsp3) is 0.611. The lowest BCUT2D eigenvalue weighted by atomic mass is 9.86. The molecule has 2 rings (SSSR count). The molecule has 0 bridgehead atoms. The van der Waals surface area contributed by atoms with Gasteiger partial charge in [0.15, 0.2) is 0 Å². The van der Waals surface area contributed by atoms with Crippen molar-refractivity contribution in [2.24, 2.45) is 5.41 Å². The average Bonchev–Trinajstić information content (AvgIpc) is 2.98. The molecule has 5 heteroatoms. The molecule has 1 saturated carbocycles. The van der Waals surface area contributed by atoms with Crippen LogP contribution >= 0.6 is 0 Å². The first-order chi connectivity index (χ1) is 10.9. The Labute approximate surface area is 137 Å². The molecule has 1 atom stereocenters. The predicted molar refractivity (Wildman–Crippen MR) is 88.5 cm³/mol. The predicted octanol–water partition coefficient (Wildman–Crippen LogP) is 2.44. The van der Waals surface area contributed by atoms with E-state index in [4.69, 9.17) is 0 Å². The topological polar surface area (TPSA) is 43.8 Å². The van der Waals surface area contributed by atoms with Crippen LogP contribution in [-0.2, 0) is 4.79 Å². The molecule has 0 aliphatic heterocycles. The second-order valence-corrected chi connectivity index (χ2v) is 6.95. The molecule has 4 nitrogen and oxygen atoms in total. The zero-order chi connectivity index (χ0) is 17.0. The second-order valence-electron chi connectivity index (χ2n) is 6.95. The van der Waals surface area contributed by atoms with Gasteiger partial charge in [0.1, 0.15) is 11.9 Å². The molecule has 1 fully saturated rings. The average molecular weight is 322 g/mol. The van der Waals surface area contributed by atoms with Crippen molar-refractivity contribution < 1.29 is 14.3 Å². The van der Waals surface area contributed by atoms with Gasteiger partial charge in [-0.05, 0) is 33.0 Å². The third-order valence-electron chi connectivity index (χ3n) is 4.90. The van der Waals surface area contributed by atoms with E-state index in [2.05, 4.69) is 0 Å². The van der Waals surface area contributed by atoms with Gasteiger partial charge in [0.25, 0.3) is 0 Å². The number of amides is 1. The van der Waals surface area contributed by atoms with Gasteiger partial charge >= 0.3 is 0 Å². The summed E-state index contributed by atoms with van der Waals surface area (Å²) >= 11 is 0. The summed E-state index contributed by atoms with van der Waals surface area (Å²) in [6, 6.07) is 5.75. The van der Waals surface area contributed by atoms with Crippen molar-refractivity contribution in [1.29, 1.82) is 0 Å². The molecule has 1 aliphatic rings. The molecule has 1 aliphatic carbocycles. The van der Waals surface area contributed by atoms with Gasteiger partial charge in [-0.15, -0.1) is 0 Å². The van der Waals surface area contributed by atoms with Gasteiger partial charge in [-0.2, -0.15) is 0 Å². The first kappa shape index (κ1) is 17.9. The number of hydrogen-bond donors (Lipinski definition) is 1. The molecular formula is C18H27FN2O2. The van der Waals surface area contributed by atoms with Crippen molar-refractivity contribution in [1.82, 2.24) is 9.80 Å². The smallest absolute Gasteiger partial charge is 0.244 e. The maximum atomic E-state index is 14.1. The van der Waals surface area contributed by atoms with E-state index in [-0.39, 0.29) is 23.7 Å². The van der Waals surface area contributed by atoms with E-state index < -0.39 is 6.04 Å². The molecule has 0 saturated heterocycles. The zero-order valence-electron chi connectivity index (χ0n) is 14.3. The summed E-state index contributed by atoms with van der Waals surface area (Å²) in [7, 11) is 5.30. The molecule has 1 unspecified atom stereocenters. The Morgan fingerprint density at radius 1 is 1.26 bits per heavy atom. The van der Waals surface area contributed by atoms with Gasteiger partial charge in [-0.25, -0.2) is 4.39 Å². The van der Waals surface area contributed by atoms with E-state index in [1.165, 1.54) is 6.07 Å². The van der Waals surface area contributed by atoms with E-state index in [0.29, 0.717) is 12.1 Å². The van der Waals surface area contributed by atoms with Crippen LogP contribution in [0.25, 0.3) is 0 Å². The lowest BCUT2D eigenvalue weighted by Gasteiger charge is -2.35. The minimum absolute atomic E-state index is 0.0942. The number of aliphatic hydroxyl groups is 1. The second kappa shape index (κ2) is 7.41.